The lowest BCUT2D eigenvalue weighted by molar-refractivity contribution is 0.114. The SMILES string of the molecule is Cc1cc2[nH]ccc2cc1Nc1c(C#N)cncc1-c1ccc(OCCN2CCC(N3CCCC3)CC2)cc1. The largest absolute Gasteiger partial charge is 0.492 e. The maximum atomic E-state index is 9.83. The van der Waals surface area contributed by atoms with E-state index in [2.05, 4.69) is 50.2 Å². The molecular weight excluding hydrogens is 484 g/mol. The second kappa shape index (κ2) is 11.5. The number of hydrogen-bond donors (Lipinski definition) is 2. The van der Waals surface area contributed by atoms with Crippen molar-refractivity contribution in [3.63, 3.8) is 0 Å². The molecule has 200 valence electrons. The lowest BCUT2D eigenvalue weighted by atomic mass is 10.0. The Morgan fingerprint density at radius 1 is 1.05 bits per heavy atom. The van der Waals surface area contributed by atoms with Crippen LogP contribution in [0, 0.1) is 18.3 Å². The van der Waals surface area contributed by atoms with E-state index in [0.717, 1.165) is 70.4 Å². The maximum Gasteiger partial charge on any atom is 0.119 e. The first-order chi connectivity index (χ1) is 19.2. The van der Waals surface area contributed by atoms with Gasteiger partial charge in [-0.25, -0.2) is 0 Å². The van der Waals surface area contributed by atoms with E-state index in [-0.39, 0.29) is 0 Å². The predicted molar refractivity (Wildman–Crippen MR) is 156 cm³/mol. The van der Waals surface area contributed by atoms with Gasteiger partial charge in [-0.2, -0.15) is 5.26 Å². The number of rotatable bonds is 8. The van der Waals surface area contributed by atoms with Gasteiger partial charge < -0.3 is 19.9 Å². The Morgan fingerprint density at radius 3 is 2.62 bits per heavy atom. The molecule has 2 aliphatic heterocycles. The average molecular weight is 521 g/mol. The van der Waals surface area contributed by atoms with Crippen molar-refractivity contribution in [1.29, 1.82) is 5.26 Å². The molecule has 0 spiro atoms. The van der Waals surface area contributed by atoms with Crippen LogP contribution in [0.5, 0.6) is 5.75 Å². The summed E-state index contributed by atoms with van der Waals surface area (Å²) < 4.78 is 6.11. The zero-order valence-corrected chi connectivity index (χ0v) is 22.6. The van der Waals surface area contributed by atoms with Gasteiger partial charge >= 0.3 is 0 Å². The molecule has 2 N–H and O–H groups in total. The maximum absolute atomic E-state index is 9.83. The normalized spacial score (nSPS) is 16.9. The van der Waals surface area contributed by atoms with Crippen molar-refractivity contribution in [3.05, 3.63) is 72.2 Å². The predicted octanol–water partition coefficient (Wildman–Crippen LogP) is 6.09. The molecule has 6 rings (SSSR count). The fourth-order valence-electron chi connectivity index (χ4n) is 6.02. The van der Waals surface area contributed by atoms with E-state index in [1.54, 1.807) is 6.20 Å². The summed E-state index contributed by atoms with van der Waals surface area (Å²) in [6.07, 6.45) is 10.7. The molecule has 4 aromatic rings. The van der Waals surface area contributed by atoms with Crippen molar-refractivity contribution in [2.75, 3.05) is 44.6 Å². The van der Waals surface area contributed by atoms with Gasteiger partial charge in [-0.15, -0.1) is 0 Å². The molecule has 0 unspecified atom stereocenters. The fourth-order valence-corrected chi connectivity index (χ4v) is 6.02. The van der Waals surface area contributed by atoms with E-state index in [1.165, 1.54) is 38.8 Å². The number of pyridine rings is 1. The number of aromatic amines is 1. The Bertz CT molecular complexity index is 1460. The van der Waals surface area contributed by atoms with Crippen molar-refractivity contribution in [2.24, 2.45) is 0 Å². The third-order valence-corrected chi connectivity index (χ3v) is 8.28. The van der Waals surface area contributed by atoms with Crippen LogP contribution in [0.1, 0.15) is 36.8 Å². The molecule has 2 aromatic heterocycles. The quantitative estimate of drug-likeness (QED) is 0.293. The van der Waals surface area contributed by atoms with Crippen molar-refractivity contribution < 1.29 is 4.74 Å². The van der Waals surface area contributed by atoms with Crippen LogP contribution in [-0.4, -0.2) is 65.1 Å². The highest BCUT2D eigenvalue weighted by atomic mass is 16.5. The number of nitrogens with zero attached hydrogens (tertiary/aromatic N) is 4. The molecule has 0 atom stereocenters. The number of nitrogens with one attached hydrogen (secondary N) is 2. The Hall–Kier alpha value is -3.86. The van der Waals surface area contributed by atoms with Gasteiger partial charge in [-0.1, -0.05) is 12.1 Å². The van der Waals surface area contributed by atoms with E-state index in [1.807, 2.05) is 42.7 Å². The lowest BCUT2D eigenvalue weighted by Crippen LogP contribution is -2.44. The van der Waals surface area contributed by atoms with E-state index in [9.17, 15) is 5.26 Å². The number of piperidine rings is 1. The highest BCUT2D eigenvalue weighted by Crippen LogP contribution is 2.35. The highest BCUT2D eigenvalue weighted by molar-refractivity contribution is 5.89. The van der Waals surface area contributed by atoms with E-state index in [0.29, 0.717) is 12.2 Å². The molecule has 39 heavy (non-hydrogen) atoms. The molecule has 0 aliphatic carbocycles. The van der Waals surface area contributed by atoms with E-state index >= 15 is 0 Å². The first-order valence-electron chi connectivity index (χ1n) is 14.1. The van der Waals surface area contributed by atoms with E-state index in [4.69, 9.17) is 4.74 Å². The van der Waals surface area contributed by atoms with Gasteiger partial charge in [0.1, 0.15) is 18.4 Å². The number of benzene rings is 2. The topological polar surface area (TPSA) is 80.2 Å². The smallest absolute Gasteiger partial charge is 0.119 e. The number of hydrogen-bond acceptors (Lipinski definition) is 6. The number of H-pyrrole nitrogens is 1. The van der Waals surface area contributed by atoms with E-state index < -0.39 is 0 Å². The van der Waals surface area contributed by atoms with Crippen LogP contribution < -0.4 is 10.1 Å². The number of nitriles is 1. The minimum absolute atomic E-state index is 0.509. The molecule has 0 amide bonds. The molecule has 0 bridgehead atoms. The van der Waals surface area contributed by atoms with Crippen molar-refractivity contribution in [3.8, 4) is 22.9 Å². The van der Waals surface area contributed by atoms with Gasteiger partial charge in [0.2, 0.25) is 0 Å². The van der Waals surface area contributed by atoms with Crippen molar-refractivity contribution in [2.45, 2.75) is 38.6 Å². The third kappa shape index (κ3) is 5.63. The van der Waals surface area contributed by atoms with Gasteiger partial charge in [0.25, 0.3) is 0 Å². The van der Waals surface area contributed by atoms with Crippen LogP contribution in [0.15, 0.2) is 61.1 Å². The van der Waals surface area contributed by atoms with Gasteiger partial charge in [0.05, 0.1) is 11.3 Å². The summed E-state index contributed by atoms with van der Waals surface area (Å²) in [7, 11) is 0. The van der Waals surface area contributed by atoms with Gasteiger partial charge in [-0.05, 0) is 100 Å². The highest BCUT2D eigenvalue weighted by Gasteiger charge is 2.26. The molecule has 0 radical (unpaired) electrons. The molecule has 2 fully saturated rings. The Kier molecular flexibility index (Phi) is 7.49. The van der Waals surface area contributed by atoms with Crippen molar-refractivity contribution in [1.82, 2.24) is 19.8 Å². The molecule has 4 heterocycles. The van der Waals surface area contributed by atoms with Crippen LogP contribution in [-0.2, 0) is 0 Å². The minimum atomic E-state index is 0.509. The van der Waals surface area contributed by atoms with Crippen LogP contribution in [0.2, 0.25) is 0 Å². The monoisotopic (exact) mass is 520 g/mol. The summed E-state index contributed by atoms with van der Waals surface area (Å²) in [6, 6.07) is 17.5. The molecule has 0 saturated carbocycles. The third-order valence-electron chi connectivity index (χ3n) is 8.28. The second-order valence-corrected chi connectivity index (χ2v) is 10.8. The van der Waals surface area contributed by atoms with Gasteiger partial charge in [-0.3, -0.25) is 9.88 Å². The molecular formula is C32H36N6O. The van der Waals surface area contributed by atoms with Crippen LogP contribution in [0.25, 0.3) is 22.0 Å². The van der Waals surface area contributed by atoms with Crippen LogP contribution in [0.4, 0.5) is 11.4 Å². The molecule has 7 heteroatoms. The molecule has 2 aromatic carbocycles. The first kappa shape index (κ1) is 25.4. The standard InChI is InChI=1S/C32H36N6O/c1-23-18-31-25(8-11-35-31)19-30(23)36-32-26(20-33)21-34-22-29(32)24-4-6-28(7-5-24)39-17-16-37-14-9-27(10-15-37)38-12-2-3-13-38/h4-8,11,18-19,21-22,27,35H,2-3,9-10,12-17H2,1H3,(H,34,36). The summed E-state index contributed by atoms with van der Waals surface area (Å²) in [5, 5.41) is 14.5. The Labute approximate surface area is 230 Å². The summed E-state index contributed by atoms with van der Waals surface area (Å²) in [6.45, 7) is 8.63. The second-order valence-electron chi connectivity index (χ2n) is 10.8. The summed E-state index contributed by atoms with van der Waals surface area (Å²) in [5.74, 6) is 0.860. The Balaban J connectivity index is 1.10. The number of anilines is 2. The van der Waals surface area contributed by atoms with Gasteiger partial charge in [0, 0.05) is 53.3 Å². The fraction of sp³-hybridized carbons (Fsp3) is 0.375. The summed E-state index contributed by atoms with van der Waals surface area (Å²) >= 11 is 0. The summed E-state index contributed by atoms with van der Waals surface area (Å²) in [4.78, 5) is 12.8. The number of aromatic nitrogens is 2. The minimum Gasteiger partial charge on any atom is -0.492 e. The Morgan fingerprint density at radius 2 is 1.85 bits per heavy atom. The zero-order valence-electron chi connectivity index (χ0n) is 22.6. The molecule has 2 saturated heterocycles. The number of aryl methyl sites for hydroxylation is 1. The zero-order chi connectivity index (χ0) is 26.6. The van der Waals surface area contributed by atoms with Crippen molar-refractivity contribution >= 4 is 22.3 Å². The number of ether oxygens (including phenoxy) is 1. The summed E-state index contributed by atoms with van der Waals surface area (Å²) in [5.41, 5.74) is 6.30. The molecule has 7 nitrogen and oxygen atoms in total. The number of fused-ring (bicyclic) bond motifs is 1. The average Bonchev–Trinajstić information content (AvgIpc) is 3.67. The molecule has 2 aliphatic rings. The van der Waals surface area contributed by atoms with Gasteiger partial charge in [0.15, 0.2) is 0 Å². The number of likely N-dealkylation sites (tertiary alicyclic amines) is 2. The van der Waals surface area contributed by atoms with Crippen LogP contribution in [0.3, 0.4) is 0 Å². The van der Waals surface area contributed by atoms with Crippen LogP contribution >= 0.6 is 0 Å². The first-order valence-corrected chi connectivity index (χ1v) is 14.1. The lowest BCUT2D eigenvalue weighted by Gasteiger charge is -2.36.